The van der Waals surface area contributed by atoms with Crippen LogP contribution >= 0.6 is 15.9 Å². The average molecular weight is 301 g/mol. The highest BCUT2D eigenvalue weighted by atomic mass is 79.9. The van der Waals surface area contributed by atoms with Crippen molar-refractivity contribution in [3.63, 3.8) is 0 Å². The molecule has 2 rings (SSSR count). The number of amides is 1. The summed E-state index contributed by atoms with van der Waals surface area (Å²) >= 11 is 3.17. The summed E-state index contributed by atoms with van der Waals surface area (Å²) in [4.78, 5) is 14.1. The zero-order valence-corrected chi connectivity index (χ0v) is 10.9. The maximum Gasteiger partial charge on any atom is 0.245 e. The normalized spacial score (nSPS) is 10.8. The van der Waals surface area contributed by atoms with Crippen LogP contribution in [0.5, 0.6) is 0 Å². The van der Waals surface area contributed by atoms with Crippen LogP contribution in [-0.4, -0.2) is 39.9 Å². The molecule has 1 heterocycles. The van der Waals surface area contributed by atoms with Crippen LogP contribution in [0.25, 0.3) is 11.0 Å². The third-order valence-electron chi connectivity index (χ3n) is 2.22. The molecule has 1 aromatic heterocycles. The van der Waals surface area contributed by atoms with Gasteiger partial charge in [-0.15, -0.1) is 5.10 Å². The predicted octanol–water partition coefficient (Wildman–Crippen LogP) is 1.42. The van der Waals surface area contributed by atoms with E-state index in [-0.39, 0.29) is 18.0 Å². The van der Waals surface area contributed by atoms with E-state index in [2.05, 4.69) is 26.1 Å². The lowest BCUT2D eigenvalue weighted by Gasteiger charge is -2.08. The number of benzene rings is 1. The Morgan fingerprint density at radius 3 is 2.82 bits per heavy atom. The number of aromatic nitrogens is 3. The van der Waals surface area contributed by atoms with Crippen LogP contribution in [0.1, 0.15) is 0 Å². The Bertz CT molecular complexity index is 581. The molecule has 0 spiro atoms. The molecule has 2 aromatic rings. The number of nitrogens with zero attached hydrogens (tertiary/aromatic N) is 4. The largest absolute Gasteiger partial charge is 0.347 e. The predicted molar refractivity (Wildman–Crippen MR) is 63.9 cm³/mol. The molecule has 0 fully saturated rings. The van der Waals surface area contributed by atoms with Gasteiger partial charge < -0.3 is 4.90 Å². The second-order valence-corrected chi connectivity index (χ2v) is 4.69. The molecule has 0 aliphatic carbocycles. The van der Waals surface area contributed by atoms with Gasteiger partial charge in [-0.25, -0.2) is 4.39 Å². The second-order valence-electron chi connectivity index (χ2n) is 3.77. The van der Waals surface area contributed by atoms with Crippen molar-refractivity contribution in [1.82, 2.24) is 19.9 Å². The highest BCUT2D eigenvalue weighted by molar-refractivity contribution is 9.10. The maximum absolute atomic E-state index is 13.5. The van der Waals surface area contributed by atoms with Crippen molar-refractivity contribution in [2.75, 3.05) is 14.1 Å². The van der Waals surface area contributed by atoms with E-state index >= 15 is 0 Å². The van der Waals surface area contributed by atoms with E-state index in [1.54, 1.807) is 20.2 Å². The Balaban J connectivity index is 2.38. The van der Waals surface area contributed by atoms with Gasteiger partial charge in [0, 0.05) is 18.6 Å². The highest BCUT2D eigenvalue weighted by Crippen LogP contribution is 2.20. The zero-order chi connectivity index (χ0) is 12.6. The number of carbonyl (C=O) groups excluding carboxylic acids is 1. The fourth-order valence-electron chi connectivity index (χ4n) is 1.32. The number of halogens is 2. The molecule has 0 aliphatic rings. The van der Waals surface area contributed by atoms with Gasteiger partial charge in [0.1, 0.15) is 17.6 Å². The van der Waals surface area contributed by atoms with Gasteiger partial charge in [-0.2, -0.15) is 9.90 Å². The Morgan fingerprint density at radius 2 is 2.18 bits per heavy atom. The molecule has 17 heavy (non-hydrogen) atoms. The molecule has 0 radical (unpaired) electrons. The standard InChI is InChI=1S/C10H10BrFN4O/c1-15(2)9(17)5-16-13-8-4-6(11)3-7(12)10(8)14-16/h3-4H,5H2,1-2H3. The van der Waals surface area contributed by atoms with Crippen molar-refractivity contribution < 1.29 is 9.18 Å². The van der Waals surface area contributed by atoms with Crippen LogP contribution in [0.4, 0.5) is 4.39 Å². The molecule has 0 atom stereocenters. The Morgan fingerprint density at radius 1 is 1.47 bits per heavy atom. The molecule has 1 amide bonds. The summed E-state index contributed by atoms with van der Waals surface area (Å²) in [6.07, 6.45) is 0. The third-order valence-corrected chi connectivity index (χ3v) is 2.68. The van der Waals surface area contributed by atoms with Gasteiger partial charge in [-0.3, -0.25) is 4.79 Å². The number of hydrogen-bond donors (Lipinski definition) is 0. The molecule has 90 valence electrons. The lowest BCUT2D eigenvalue weighted by molar-refractivity contribution is -0.129. The van der Waals surface area contributed by atoms with Crippen LogP contribution in [0.2, 0.25) is 0 Å². The van der Waals surface area contributed by atoms with Crippen molar-refractivity contribution in [1.29, 1.82) is 0 Å². The van der Waals surface area contributed by atoms with Crippen molar-refractivity contribution in [2.45, 2.75) is 6.54 Å². The number of rotatable bonds is 2. The number of carbonyl (C=O) groups is 1. The van der Waals surface area contributed by atoms with Crippen LogP contribution in [0.3, 0.4) is 0 Å². The van der Waals surface area contributed by atoms with E-state index in [1.807, 2.05) is 0 Å². The molecule has 0 unspecified atom stereocenters. The molecular weight excluding hydrogens is 291 g/mol. The molecule has 5 nitrogen and oxygen atoms in total. The molecule has 0 N–H and O–H groups in total. The van der Waals surface area contributed by atoms with Crippen molar-refractivity contribution >= 4 is 32.9 Å². The fourth-order valence-corrected chi connectivity index (χ4v) is 1.74. The first-order valence-electron chi connectivity index (χ1n) is 4.87. The van der Waals surface area contributed by atoms with Crippen LogP contribution in [0.15, 0.2) is 16.6 Å². The Kier molecular flexibility index (Phi) is 3.10. The van der Waals surface area contributed by atoms with Crippen LogP contribution in [0, 0.1) is 5.82 Å². The molecule has 0 bridgehead atoms. The van der Waals surface area contributed by atoms with E-state index in [0.29, 0.717) is 9.99 Å². The minimum absolute atomic E-state index is 0.00125. The monoisotopic (exact) mass is 300 g/mol. The van der Waals surface area contributed by atoms with Gasteiger partial charge in [-0.1, -0.05) is 15.9 Å². The topological polar surface area (TPSA) is 51.0 Å². The SMILES string of the molecule is CN(C)C(=O)Cn1nc2cc(Br)cc(F)c2n1. The number of fused-ring (bicyclic) bond motifs is 1. The summed E-state index contributed by atoms with van der Waals surface area (Å²) in [7, 11) is 3.28. The first-order valence-corrected chi connectivity index (χ1v) is 5.66. The van der Waals surface area contributed by atoms with Crippen molar-refractivity contribution in [3.8, 4) is 0 Å². The number of hydrogen-bond acceptors (Lipinski definition) is 3. The molecule has 0 saturated heterocycles. The Hall–Kier alpha value is -1.50. The zero-order valence-electron chi connectivity index (χ0n) is 9.31. The smallest absolute Gasteiger partial charge is 0.245 e. The quantitative estimate of drug-likeness (QED) is 0.843. The lowest BCUT2D eigenvalue weighted by atomic mass is 10.3. The summed E-state index contributed by atoms with van der Waals surface area (Å²) in [5.74, 6) is -0.609. The maximum atomic E-state index is 13.5. The summed E-state index contributed by atoms with van der Waals surface area (Å²) in [5.41, 5.74) is 0.586. The molecular formula is C10H10BrFN4O. The minimum atomic E-state index is -0.460. The van der Waals surface area contributed by atoms with Crippen molar-refractivity contribution in [2.24, 2.45) is 0 Å². The van der Waals surface area contributed by atoms with Gasteiger partial charge in [0.15, 0.2) is 5.82 Å². The Labute approximate surface area is 105 Å². The molecule has 1 aromatic carbocycles. The summed E-state index contributed by atoms with van der Waals surface area (Å²) in [5, 5.41) is 7.98. The van der Waals surface area contributed by atoms with Crippen LogP contribution in [-0.2, 0) is 11.3 Å². The van der Waals surface area contributed by atoms with E-state index in [0.717, 1.165) is 0 Å². The van der Waals surface area contributed by atoms with E-state index in [9.17, 15) is 9.18 Å². The molecule has 0 saturated carbocycles. The van der Waals surface area contributed by atoms with Crippen molar-refractivity contribution in [3.05, 3.63) is 22.4 Å². The average Bonchev–Trinajstić information content (AvgIpc) is 2.60. The van der Waals surface area contributed by atoms with Gasteiger partial charge in [0.2, 0.25) is 5.91 Å². The first-order chi connectivity index (χ1) is 7.97. The van der Waals surface area contributed by atoms with Crippen LogP contribution < -0.4 is 0 Å². The summed E-state index contributed by atoms with van der Waals surface area (Å²) in [6.45, 7) is -0.00125. The lowest BCUT2D eigenvalue weighted by Crippen LogP contribution is -2.27. The van der Waals surface area contributed by atoms with Gasteiger partial charge in [0.05, 0.1) is 0 Å². The van der Waals surface area contributed by atoms with E-state index in [1.165, 1.54) is 15.8 Å². The minimum Gasteiger partial charge on any atom is -0.347 e. The molecule has 7 heteroatoms. The third kappa shape index (κ3) is 2.44. The second kappa shape index (κ2) is 4.40. The van der Waals surface area contributed by atoms with E-state index in [4.69, 9.17) is 0 Å². The first kappa shape index (κ1) is 12.0. The van der Waals surface area contributed by atoms with Gasteiger partial charge >= 0.3 is 0 Å². The summed E-state index contributed by atoms with van der Waals surface area (Å²) < 4.78 is 14.1. The fraction of sp³-hybridized carbons (Fsp3) is 0.300. The molecule has 0 aliphatic heterocycles. The van der Waals surface area contributed by atoms with Gasteiger partial charge in [0.25, 0.3) is 0 Å². The number of likely N-dealkylation sites (N-methyl/N-ethyl adjacent to an activating group) is 1. The van der Waals surface area contributed by atoms with Gasteiger partial charge in [-0.05, 0) is 12.1 Å². The summed E-state index contributed by atoms with van der Waals surface area (Å²) in [6, 6.07) is 2.97. The van der Waals surface area contributed by atoms with E-state index < -0.39 is 5.82 Å². The highest BCUT2D eigenvalue weighted by Gasteiger charge is 2.12.